The van der Waals surface area contributed by atoms with Gasteiger partial charge in [-0.2, -0.15) is 0 Å². The number of nitrogens with zero attached hydrogens (tertiary/aromatic N) is 3. The number of aryl methyl sites for hydroxylation is 1. The van der Waals surface area contributed by atoms with Gasteiger partial charge in [0.1, 0.15) is 10.6 Å². The molecule has 170 valence electrons. The zero-order valence-corrected chi connectivity index (χ0v) is 19.6. The van der Waals surface area contributed by atoms with Crippen molar-refractivity contribution in [2.24, 2.45) is 22.7 Å². The highest BCUT2D eigenvalue weighted by atomic mass is 32.1. The summed E-state index contributed by atoms with van der Waals surface area (Å²) in [6, 6.07) is 6.12. The van der Waals surface area contributed by atoms with E-state index in [4.69, 9.17) is 0 Å². The normalized spacial score (nSPS) is 29.8. The third kappa shape index (κ3) is 3.93. The molecule has 2 heterocycles. The van der Waals surface area contributed by atoms with Crippen LogP contribution >= 0.6 is 11.3 Å². The Labute approximate surface area is 192 Å². The number of carbonyl (C=O) groups is 1. The molecule has 1 aromatic heterocycles. The SMILES string of the molecule is Cc1cccc(-c2cnc(C3(O)CCC(C(=O)O)C(C)C3C)s2)c1NC1N=CC=CN1C. The number of nitrogens with one attached hydrogen (secondary N) is 1. The van der Waals surface area contributed by atoms with Gasteiger partial charge in [0.25, 0.3) is 0 Å². The minimum atomic E-state index is -1.12. The number of thiazole rings is 1. The topological polar surface area (TPSA) is 98.0 Å². The molecule has 0 spiro atoms. The Morgan fingerprint density at radius 2 is 2.12 bits per heavy atom. The van der Waals surface area contributed by atoms with E-state index in [1.54, 1.807) is 6.21 Å². The summed E-state index contributed by atoms with van der Waals surface area (Å²) in [4.78, 5) is 23.7. The van der Waals surface area contributed by atoms with Crippen LogP contribution in [0.3, 0.4) is 0 Å². The molecule has 1 aliphatic carbocycles. The molecule has 0 saturated heterocycles. The molecule has 1 aliphatic heterocycles. The highest BCUT2D eigenvalue weighted by molar-refractivity contribution is 7.15. The number of hydrogen-bond donors (Lipinski definition) is 3. The van der Waals surface area contributed by atoms with Crippen molar-refractivity contribution in [2.75, 3.05) is 12.4 Å². The summed E-state index contributed by atoms with van der Waals surface area (Å²) in [7, 11) is 1.97. The van der Waals surface area contributed by atoms with Crippen LogP contribution in [0.25, 0.3) is 10.4 Å². The number of aliphatic carboxylic acids is 1. The zero-order chi connectivity index (χ0) is 23.0. The molecule has 7 nitrogen and oxygen atoms in total. The molecule has 1 fully saturated rings. The van der Waals surface area contributed by atoms with Crippen molar-refractivity contribution in [3.63, 3.8) is 0 Å². The van der Waals surface area contributed by atoms with Gasteiger partial charge >= 0.3 is 5.97 Å². The highest BCUT2D eigenvalue weighted by Gasteiger charge is 2.49. The second-order valence-corrected chi connectivity index (χ2v) is 9.94. The summed E-state index contributed by atoms with van der Waals surface area (Å²) in [5, 5.41) is 25.3. The minimum absolute atomic E-state index is 0.137. The van der Waals surface area contributed by atoms with Crippen LogP contribution in [0.5, 0.6) is 0 Å². The average molecular weight is 455 g/mol. The Balaban J connectivity index is 1.65. The molecule has 0 radical (unpaired) electrons. The molecule has 0 bridgehead atoms. The second kappa shape index (κ2) is 8.67. The molecule has 2 aliphatic rings. The molecule has 1 aromatic carbocycles. The van der Waals surface area contributed by atoms with Crippen molar-refractivity contribution < 1.29 is 15.0 Å². The number of carboxylic acids is 1. The summed E-state index contributed by atoms with van der Waals surface area (Å²) >= 11 is 1.48. The smallest absolute Gasteiger partial charge is 0.306 e. The quantitative estimate of drug-likeness (QED) is 0.623. The first-order valence-electron chi connectivity index (χ1n) is 10.9. The van der Waals surface area contributed by atoms with Gasteiger partial charge in [-0.25, -0.2) is 9.98 Å². The van der Waals surface area contributed by atoms with E-state index in [0.29, 0.717) is 17.8 Å². The second-order valence-electron chi connectivity index (χ2n) is 8.91. The van der Waals surface area contributed by atoms with Gasteiger partial charge in [0.2, 0.25) is 0 Å². The fraction of sp³-hybridized carbons (Fsp3) is 0.458. The number of rotatable bonds is 5. The van der Waals surface area contributed by atoms with Crippen molar-refractivity contribution in [1.29, 1.82) is 0 Å². The van der Waals surface area contributed by atoms with Crippen molar-refractivity contribution >= 4 is 29.2 Å². The van der Waals surface area contributed by atoms with Gasteiger partial charge < -0.3 is 20.4 Å². The number of aromatic nitrogens is 1. The molecule has 4 rings (SSSR count). The molecule has 1 saturated carbocycles. The van der Waals surface area contributed by atoms with Gasteiger partial charge in [-0.3, -0.25) is 4.79 Å². The summed E-state index contributed by atoms with van der Waals surface area (Å²) in [5.74, 6) is -1.56. The lowest BCUT2D eigenvalue weighted by molar-refractivity contribution is -0.153. The Morgan fingerprint density at radius 1 is 1.34 bits per heavy atom. The predicted octanol–water partition coefficient (Wildman–Crippen LogP) is 4.30. The van der Waals surface area contributed by atoms with Crippen molar-refractivity contribution in [1.82, 2.24) is 9.88 Å². The molecular weight excluding hydrogens is 424 g/mol. The summed E-state index contributed by atoms with van der Waals surface area (Å²) < 4.78 is 0. The van der Waals surface area contributed by atoms with E-state index >= 15 is 0 Å². The molecule has 32 heavy (non-hydrogen) atoms. The van der Waals surface area contributed by atoms with Crippen LogP contribution in [0.4, 0.5) is 5.69 Å². The van der Waals surface area contributed by atoms with E-state index in [1.165, 1.54) is 11.3 Å². The molecule has 8 heteroatoms. The monoisotopic (exact) mass is 454 g/mol. The lowest BCUT2D eigenvalue weighted by Gasteiger charge is -2.43. The van der Waals surface area contributed by atoms with Crippen LogP contribution in [0, 0.1) is 24.7 Å². The van der Waals surface area contributed by atoms with Gasteiger partial charge in [-0.1, -0.05) is 32.0 Å². The fourth-order valence-electron chi connectivity index (χ4n) is 4.72. The molecule has 5 atom stereocenters. The Kier molecular flexibility index (Phi) is 6.09. The van der Waals surface area contributed by atoms with Crippen molar-refractivity contribution in [3.05, 3.63) is 47.2 Å². The largest absolute Gasteiger partial charge is 0.481 e. The number of anilines is 1. The van der Waals surface area contributed by atoms with Gasteiger partial charge in [-0.05, 0) is 43.2 Å². The summed E-state index contributed by atoms with van der Waals surface area (Å²) in [5.41, 5.74) is 1.97. The van der Waals surface area contributed by atoms with Crippen LogP contribution in [0.15, 0.2) is 41.7 Å². The lowest BCUT2D eigenvalue weighted by Crippen LogP contribution is -2.45. The molecule has 0 amide bonds. The fourth-order valence-corrected chi connectivity index (χ4v) is 5.89. The number of allylic oxidation sites excluding steroid dienone is 1. The van der Waals surface area contributed by atoms with E-state index in [2.05, 4.69) is 28.3 Å². The van der Waals surface area contributed by atoms with Crippen molar-refractivity contribution in [3.8, 4) is 10.4 Å². The number of para-hydroxylation sites is 1. The predicted molar refractivity (Wildman–Crippen MR) is 128 cm³/mol. The van der Waals surface area contributed by atoms with E-state index < -0.39 is 17.5 Å². The van der Waals surface area contributed by atoms with E-state index in [1.807, 2.05) is 56.4 Å². The van der Waals surface area contributed by atoms with E-state index in [9.17, 15) is 15.0 Å². The number of aliphatic imine (C=N–C) groups is 1. The minimum Gasteiger partial charge on any atom is -0.481 e. The summed E-state index contributed by atoms with van der Waals surface area (Å²) in [6.07, 6.45) is 8.10. The molecule has 3 N–H and O–H groups in total. The maximum absolute atomic E-state index is 11.6. The van der Waals surface area contributed by atoms with Crippen LogP contribution in [-0.2, 0) is 10.4 Å². The first-order valence-corrected chi connectivity index (χ1v) is 11.7. The van der Waals surface area contributed by atoms with Crippen molar-refractivity contribution in [2.45, 2.75) is 45.5 Å². The number of benzene rings is 1. The van der Waals surface area contributed by atoms with Gasteiger partial charge in [-0.15, -0.1) is 11.3 Å². The van der Waals surface area contributed by atoms with E-state index in [0.717, 1.165) is 21.7 Å². The first-order chi connectivity index (χ1) is 15.2. The maximum atomic E-state index is 11.6. The molecule has 5 unspecified atom stereocenters. The Hall–Kier alpha value is -2.71. The number of carboxylic acid groups (broad SMARTS) is 1. The maximum Gasteiger partial charge on any atom is 0.306 e. The average Bonchev–Trinajstić information content (AvgIpc) is 3.25. The third-order valence-electron chi connectivity index (χ3n) is 7.04. The molecular formula is C24H30N4O3S. The highest BCUT2D eigenvalue weighted by Crippen LogP contribution is 2.49. The Bertz CT molecular complexity index is 1070. The van der Waals surface area contributed by atoms with Gasteiger partial charge in [0, 0.05) is 36.9 Å². The van der Waals surface area contributed by atoms with Crippen LogP contribution in [-0.4, -0.2) is 45.6 Å². The van der Waals surface area contributed by atoms with Crippen LogP contribution < -0.4 is 5.32 Å². The zero-order valence-electron chi connectivity index (χ0n) is 18.8. The van der Waals surface area contributed by atoms with Crippen LogP contribution in [0.2, 0.25) is 0 Å². The standard InChI is InChI=1S/C24H30N4O3S/c1-14-7-5-8-18(20(14)27-23-25-11-6-12-28(23)4)19-13-26-22(32-19)24(31)10-9-17(21(29)30)15(2)16(24)3/h5-8,11-13,15-17,23,27,31H,9-10H2,1-4H3,(H,29,30). The first kappa shape index (κ1) is 22.5. The third-order valence-corrected chi connectivity index (χ3v) is 8.24. The van der Waals surface area contributed by atoms with Gasteiger partial charge in [0.15, 0.2) is 6.29 Å². The molecule has 2 aromatic rings. The number of aliphatic hydroxyl groups is 1. The number of hydrogen-bond acceptors (Lipinski definition) is 7. The van der Waals surface area contributed by atoms with E-state index in [-0.39, 0.29) is 18.1 Å². The lowest BCUT2D eigenvalue weighted by atomic mass is 9.65. The Morgan fingerprint density at radius 3 is 2.84 bits per heavy atom. The summed E-state index contributed by atoms with van der Waals surface area (Å²) in [6.45, 7) is 5.91. The van der Waals surface area contributed by atoms with Gasteiger partial charge in [0.05, 0.1) is 10.8 Å². The van der Waals surface area contributed by atoms with Crippen LogP contribution in [0.1, 0.15) is 37.3 Å².